The molecular weight excluding hydrogens is 236 g/mol. The van der Waals surface area contributed by atoms with E-state index in [0.29, 0.717) is 16.7 Å². The lowest BCUT2D eigenvalue weighted by atomic mass is 10.2. The Morgan fingerprint density at radius 2 is 1.94 bits per heavy atom. The molecule has 0 radical (unpaired) electrons. The van der Waals surface area contributed by atoms with Crippen molar-refractivity contribution in [3.63, 3.8) is 0 Å². The molecule has 98 valence electrons. The van der Waals surface area contributed by atoms with Crippen LogP contribution in [0.2, 0.25) is 0 Å². The summed E-state index contributed by atoms with van der Waals surface area (Å²) in [6, 6.07) is 0. The van der Waals surface area contributed by atoms with Gasteiger partial charge in [-0.25, -0.2) is 9.48 Å². The predicted molar refractivity (Wildman–Crippen MR) is 66.6 cm³/mol. The number of allylic oxidation sites excluding steroid dienone is 1. The zero-order chi connectivity index (χ0) is 13.9. The fourth-order valence-corrected chi connectivity index (χ4v) is 1.39. The normalized spacial score (nSPS) is 11.4. The third-order valence-electron chi connectivity index (χ3n) is 2.79. The maximum absolute atomic E-state index is 11.8. The number of esters is 1. The minimum atomic E-state index is -0.464. The summed E-state index contributed by atoms with van der Waals surface area (Å²) in [5, 5.41) is 2.45. The van der Waals surface area contributed by atoms with Gasteiger partial charge in [-0.1, -0.05) is 6.08 Å². The summed E-state index contributed by atoms with van der Waals surface area (Å²) in [4.78, 5) is 34.5. The van der Waals surface area contributed by atoms with Crippen molar-refractivity contribution in [2.45, 2.75) is 27.3 Å². The third kappa shape index (κ3) is 2.77. The molecule has 0 aliphatic carbocycles. The van der Waals surface area contributed by atoms with Gasteiger partial charge in [0.1, 0.15) is 0 Å². The molecule has 18 heavy (non-hydrogen) atoms. The van der Waals surface area contributed by atoms with Crippen LogP contribution < -0.4 is 11.1 Å². The van der Waals surface area contributed by atoms with Gasteiger partial charge in [-0.2, -0.15) is 0 Å². The Morgan fingerprint density at radius 3 is 2.50 bits per heavy atom. The van der Waals surface area contributed by atoms with E-state index in [1.165, 1.54) is 13.2 Å². The van der Waals surface area contributed by atoms with Crippen LogP contribution in [-0.2, 0) is 16.1 Å². The molecule has 0 saturated heterocycles. The van der Waals surface area contributed by atoms with Crippen LogP contribution in [0.4, 0.5) is 0 Å². The number of ether oxygens (including phenoxy) is 1. The van der Waals surface area contributed by atoms with Gasteiger partial charge in [0.15, 0.2) is 0 Å². The van der Waals surface area contributed by atoms with Crippen molar-refractivity contribution in [1.82, 2.24) is 9.78 Å². The van der Waals surface area contributed by atoms with E-state index in [4.69, 9.17) is 0 Å². The highest BCUT2D eigenvalue weighted by Gasteiger charge is 2.07. The van der Waals surface area contributed by atoms with Gasteiger partial charge in [0.2, 0.25) is 0 Å². The molecule has 0 spiro atoms. The monoisotopic (exact) mass is 252 g/mol. The van der Waals surface area contributed by atoms with Gasteiger partial charge in [-0.3, -0.25) is 14.7 Å². The number of rotatable bonds is 3. The van der Waals surface area contributed by atoms with Crippen molar-refractivity contribution in [2.24, 2.45) is 0 Å². The van der Waals surface area contributed by atoms with Crippen LogP contribution in [-0.4, -0.2) is 22.9 Å². The highest BCUT2D eigenvalue weighted by Crippen LogP contribution is 1.96. The van der Waals surface area contributed by atoms with Crippen molar-refractivity contribution in [2.75, 3.05) is 7.11 Å². The molecule has 1 aromatic rings. The number of carbonyl (C=O) groups is 1. The van der Waals surface area contributed by atoms with E-state index in [-0.39, 0.29) is 17.7 Å². The maximum Gasteiger partial charge on any atom is 0.333 e. The second-order valence-electron chi connectivity index (χ2n) is 3.99. The molecule has 1 rings (SSSR count). The molecule has 0 aliphatic heterocycles. The summed E-state index contributed by atoms with van der Waals surface area (Å²) in [5.41, 5.74) is 0.605. The van der Waals surface area contributed by atoms with Crippen LogP contribution in [0, 0.1) is 13.8 Å². The second kappa shape index (κ2) is 5.48. The van der Waals surface area contributed by atoms with Gasteiger partial charge in [0.25, 0.3) is 11.1 Å². The summed E-state index contributed by atoms with van der Waals surface area (Å²) in [6.45, 7) is 4.89. The van der Waals surface area contributed by atoms with Gasteiger partial charge in [-0.05, 0) is 20.8 Å². The molecule has 6 nitrogen and oxygen atoms in total. The lowest BCUT2D eigenvalue weighted by molar-refractivity contribution is -0.136. The molecule has 0 fully saturated rings. The first-order chi connectivity index (χ1) is 8.38. The first-order valence-corrected chi connectivity index (χ1v) is 5.44. The Bertz CT molecular complexity index is 607. The van der Waals surface area contributed by atoms with Gasteiger partial charge < -0.3 is 4.74 Å². The molecule has 0 unspecified atom stereocenters. The van der Waals surface area contributed by atoms with Crippen molar-refractivity contribution in [3.05, 3.63) is 43.5 Å². The largest absolute Gasteiger partial charge is 0.466 e. The molecule has 1 aromatic heterocycles. The second-order valence-corrected chi connectivity index (χ2v) is 3.99. The van der Waals surface area contributed by atoms with E-state index in [0.717, 1.165) is 4.68 Å². The minimum absolute atomic E-state index is 0.121. The summed E-state index contributed by atoms with van der Waals surface area (Å²) < 4.78 is 5.69. The van der Waals surface area contributed by atoms with Crippen LogP contribution in [0.5, 0.6) is 0 Å². The fraction of sp³-hybridized carbons (Fsp3) is 0.417. The topological polar surface area (TPSA) is 81.2 Å². The standard InChI is InChI=1S/C12H16N2O4/c1-7(12(17)18-4)5-6-14-11(16)9(3)8(2)10(15)13-14/h5H,6H2,1-4H3,(H,13,15). The molecule has 0 aliphatic rings. The number of aromatic nitrogens is 2. The fourth-order valence-electron chi connectivity index (χ4n) is 1.39. The number of aromatic amines is 1. The molecule has 1 N–H and O–H groups in total. The van der Waals surface area contributed by atoms with Crippen LogP contribution in [0.25, 0.3) is 0 Å². The predicted octanol–water partition coefficient (Wildman–Crippen LogP) is 0.273. The van der Waals surface area contributed by atoms with E-state index in [1.54, 1.807) is 20.8 Å². The lowest BCUT2D eigenvalue weighted by Crippen LogP contribution is -2.33. The Hall–Kier alpha value is -2.11. The Morgan fingerprint density at radius 1 is 1.33 bits per heavy atom. The number of H-pyrrole nitrogens is 1. The van der Waals surface area contributed by atoms with Crippen LogP contribution in [0.1, 0.15) is 18.1 Å². The van der Waals surface area contributed by atoms with E-state index in [9.17, 15) is 14.4 Å². The number of nitrogens with zero attached hydrogens (tertiary/aromatic N) is 1. The van der Waals surface area contributed by atoms with Crippen molar-refractivity contribution in [3.8, 4) is 0 Å². The highest BCUT2D eigenvalue weighted by molar-refractivity contribution is 5.87. The van der Waals surface area contributed by atoms with Gasteiger partial charge in [-0.15, -0.1) is 0 Å². The third-order valence-corrected chi connectivity index (χ3v) is 2.79. The SMILES string of the molecule is COC(=O)C(C)=CCn1[nH]c(=O)c(C)c(C)c1=O. The Kier molecular flexibility index (Phi) is 4.25. The minimum Gasteiger partial charge on any atom is -0.466 e. The quantitative estimate of drug-likeness (QED) is 0.618. The molecule has 0 bridgehead atoms. The summed E-state index contributed by atoms with van der Waals surface area (Å²) in [7, 11) is 1.28. The number of carbonyl (C=O) groups excluding carboxylic acids is 1. The molecule has 0 atom stereocenters. The van der Waals surface area contributed by atoms with Crippen molar-refractivity contribution in [1.29, 1.82) is 0 Å². The summed E-state index contributed by atoms with van der Waals surface area (Å²) in [6.07, 6.45) is 1.53. The molecule has 0 saturated carbocycles. The molecule has 1 heterocycles. The molecule has 0 amide bonds. The van der Waals surface area contributed by atoms with Gasteiger partial charge >= 0.3 is 5.97 Å². The Balaban J connectivity index is 3.11. The number of nitrogens with one attached hydrogen (secondary N) is 1. The first kappa shape index (κ1) is 14.0. The zero-order valence-electron chi connectivity index (χ0n) is 10.9. The first-order valence-electron chi connectivity index (χ1n) is 5.44. The summed E-state index contributed by atoms with van der Waals surface area (Å²) >= 11 is 0. The summed E-state index contributed by atoms with van der Waals surface area (Å²) in [5.74, 6) is -0.464. The smallest absolute Gasteiger partial charge is 0.333 e. The van der Waals surface area contributed by atoms with E-state index in [1.807, 2.05) is 0 Å². The molecule has 6 heteroatoms. The average Bonchev–Trinajstić information content (AvgIpc) is 2.37. The van der Waals surface area contributed by atoms with Gasteiger partial charge in [0, 0.05) is 16.7 Å². The maximum atomic E-state index is 11.8. The van der Waals surface area contributed by atoms with E-state index < -0.39 is 5.97 Å². The van der Waals surface area contributed by atoms with Crippen LogP contribution in [0.3, 0.4) is 0 Å². The average molecular weight is 252 g/mol. The van der Waals surface area contributed by atoms with Crippen molar-refractivity contribution < 1.29 is 9.53 Å². The van der Waals surface area contributed by atoms with Gasteiger partial charge in [0.05, 0.1) is 13.7 Å². The number of hydrogen-bond donors (Lipinski definition) is 1. The molecule has 0 aromatic carbocycles. The van der Waals surface area contributed by atoms with E-state index >= 15 is 0 Å². The van der Waals surface area contributed by atoms with Crippen LogP contribution >= 0.6 is 0 Å². The molecular formula is C12H16N2O4. The van der Waals surface area contributed by atoms with Crippen LogP contribution in [0.15, 0.2) is 21.2 Å². The van der Waals surface area contributed by atoms with E-state index in [2.05, 4.69) is 9.84 Å². The highest BCUT2D eigenvalue weighted by atomic mass is 16.5. The number of methoxy groups -OCH3 is 1. The van der Waals surface area contributed by atoms with Crippen molar-refractivity contribution >= 4 is 5.97 Å². The Labute approximate surface area is 104 Å². The lowest BCUT2D eigenvalue weighted by Gasteiger charge is -2.06. The number of hydrogen-bond acceptors (Lipinski definition) is 4. The zero-order valence-corrected chi connectivity index (χ0v) is 10.9.